The van der Waals surface area contributed by atoms with E-state index in [-0.39, 0.29) is 48.1 Å². The third-order valence-electron chi connectivity index (χ3n) is 3.54. The number of rotatable bonds is 8. The van der Waals surface area contributed by atoms with E-state index < -0.39 is 23.9 Å². The topological polar surface area (TPSA) is 153 Å². The van der Waals surface area contributed by atoms with Gasteiger partial charge in [0.25, 0.3) is 0 Å². The number of aromatic carboxylic acids is 2. The number of hydrogen-bond acceptors (Lipinski definition) is 8. The minimum absolute atomic E-state index is 0.0307. The molecule has 0 unspecified atom stereocenters. The van der Waals surface area contributed by atoms with E-state index in [1.54, 1.807) is 20.8 Å². The lowest BCUT2D eigenvalue weighted by Gasteiger charge is -2.08. The second-order valence-electron chi connectivity index (χ2n) is 6.30. The molecule has 2 aromatic heterocycles. The molecule has 10 heteroatoms. The Bertz CT molecular complexity index is 927. The third kappa shape index (κ3) is 9.03. The van der Waals surface area contributed by atoms with Gasteiger partial charge >= 0.3 is 23.9 Å². The monoisotopic (exact) mass is 432 g/mol. The van der Waals surface area contributed by atoms with E-state index in [9.17, 15) is 19.2 Å². The molecule has 10 nitrogen and oxygen atoms in total. The van der Waals surface area contributed by atoms with E-state index in [1.165, 1.54) is 36.7 Å². The third-order valence-corrected chi connectivity index (χ3v) is 3.54. The summed E-state index contributed by atoms with van der Waals surface area (Å²) >= 11 is 0. The number of carbonyl (C=O) groups excluding carboxylic acids is 2. The molecule has 0 saturated heterocycles. The van der Waals surface area contributed by atoms with E-state index in [1.807, 2.05) is 0 Å². The van der Waals surface area contributed by atoms with Crippen LogP contribution in [0.2, 0.25) is 0 Å². The Kier molecular flexibility index (Phi) is 10.3. The van der Waals surface area contributed by atoms with Crippen LogP contribution < -0.4 is 0 Å². The van der Waals surface area contributed by atoms with Gasteiger partial charge in [-0.05, 0) is 45.0 Å². The second-order valence-corrected chi connectivity index (χ2v) is 6.30. The van der Waals surface area contributed by atoms with Gasteiger partial charge in [-0.2, -0.15) is 0 Å². The first-order chi connectivity index (χ1) is 14.6. The van der Waals surface area contributed by atoms with Crippen LogP contribution >= 0.6 is 0 Å². The van der Waals surface area contributed by atoms with Crippen LogP contribution in [0.1, 0.15) is 52.9 Å². The maximum atomic E-state index is 11.3. The molecular weight excluding hydrogens is 408 g/mol. The van der Waals surface area contributed by atoms with Crippen molar-refractivity contribution in [3.05, 3.63) is 59.2 Å². The molecule has 0 fully saturated rings. The van der Waals surface area contributed by atoms with Crippen LogP contribution in [0.3, 0.4) is 0 Å². The molecule has 0 aliphatic heterocycles. The molecule has 2 heterocycles. The number of pyridine rings is 2. The fraction of sp³-hybridized carbons (Fsp3) is 0.333. The molecule has 0 aliphatic rings. The highest BCUT2D eigenvalue weighted by molar-refractivity contribution is 5.90. The number of aromatic nitrogens is 2. The normalized spacial score (nSPS) is 9.94. The molecule has 0 radical (unpaired) electrons. The van der Waals surface area contributed by atoms with E-state index in [0.29, 0.717) is 0 Å². The maximum absolute atomic E-state index is 11.3. The van der Waals surface area contributed by atoms with Crippen molar-refractivity contribution >= 4 is 23.9 Å². The first-order valence-corrected chi connectivity index (χ1v) is 9.35. The predicted molar refractivity (Wildman–Crippen MR) is 108 cm³/mol. The van der Waals surface area contributed by atoms with Crippen LogP contribution in [-0.4, -0.2) is 56.8 Å². The molecule has 2 aromatic rings. The van der Waals surface area contributed by atoms with Gasteiger partial charge in [-0.15, -0.1) is 0 Å². The molecule has 0 spiro atoms. The maximum Gasteiger partial charge on any atom is 0.337 e. The lowest BCUT2D eigenvalue weighted by molar-refractivity contribution is -0.146. The smallest absolute Gasteiger partial charge is 0.337 e. The standard InChI is InChI=1S/C11H13NO4.C10H11NO4/c1-7(2)16-10(13)6-9-8(11(14)15)4-3-5-12-9;1-2-15-9(12)6-8-7(10(13)14)4-3-5-11-8/h3-5,7H,6H2,1-2H3,(H,14,15);3-5H,2,6H2,1H3,(H,13,14). The number of esters is 2. The molecule has 0 saturated carbocycles. The summed E-state index contributed by atoms with van der Waals surface area (Å²) in [6.45, 7) is 5.42. The summed E-state index contributed by atoms with van der Waals surface area (Å²) < 4.78 is 9.63. The number of carboxylic acid groups (broad SMARTS) is 2. The van der Waals surface area contributed by atoms with Crippen molar-refractivity contribution in [3.8, 4) is 0 Å². The summed E-state index contributed by atoms with van der Waals surface area (Å²) in [4.78, 5) is 51.8. The van der Waals surface area contributed by atoms with E-state index in [0.717, 1.165) is 0 Å². The zero-order valence-electron chi connectivity index (χ0n) is 17.4. The average Bonchev–Trinajstić information content (AvgIpc) is 2.68. The number of nitrogens with zero attached hydrogens (tertiary/aromatic N) is 2. The van der Waals surface area contributed by atoms with Crippen LogP contribution in [-0.2, 0) is 31.9 Å². The molecule has 0 amide bonds. The zero-order chi connectivity index (χ0) is 23.4. The van der Waals surface area contributed by atoms with Crippen molar-refractivity contribution in [2.75, 3.05) is 6.61 Å². The molecule has 0 atom stereocenters. The van der Waals surface area contributed by atoms with Crippen molar-refractivity contribution in [1.82, 2.24) is 9.97 Å². The van der Waals surface area contributed by atoms with Gasteiger partial charge in [-0.25, -0.2) is 9.59 Å². The van der Waals surface area contributed by atoms with Crippen LogP contribution in [0, 0.1) is 0 Å². The Morgan fingerprint density at radius 3 is 1.71 bits per heavy atom. The van der Waals surface area contributed by atoms with E-state index in [2.05, 4.69) is 9.97 Å². The second kappa shape index (κ2) is 12.7. The highest BCUT2D eigenvalue weighted by atomic mass is 16.5. The van der Waals surface area contributed by atoms with Gasteiger partial charge in [0.05, 0.1) is 48.1 Å². The first-order valence-electron chi connectivity index (χ1n) is 9.35. The van der Waals surface area contributed by atoms with Crippen molar-refractivity contribution < 1.29 is 38.9 Å². The Labute approximate surface area is 178 Å². The zero-order valence-corrected chi connectivity index (χ0v) is 17.4. The highest BCUT2D eigenvalue weighted by Gasteiger charge is 2.16. The summed E-state index contributed by atoms with van der Waals surface area (Å²) in [5.41, 5.74) is 0.512. The van der Waals surface area contributed by atoms with Crippen LogP contribution in [0.15, 0.2) is 36.7 Å². The van der Waals surface area contributed by atoms with Crippen molar-refractivity contribution in [2.24, 2.45) is 0 Å². The Hall–Kier alpha value is -3.82. The van der Waals surface area contributed by atoms with Crippen LogP contribution in [0.5, 0.6) is 0 Å². The molecule has 2 N–H and O–H groups in total. The van der Waals surface area contributed by atoms with Gasteiger partial charge < -0.3 is 19.7 Å². The summed E-state index contributed by atoms with van der Waals surface area (Å²) in [6.07, 6.45) is 2.44. The fourth-order valence-corrected chi connectivity index (χ4v) is 2.34. The Morgan fingerprint density at radius 1 is 0.871 bits per heavy atom. The summed E-state index contributed by atoms with van der Waals surface area (Å²) in [6, 6.07) is 5.84. The summed E-state index contributed by atoms with van der Waals surface area (Å²) in [7, 11) is 0. The number of hydrogen-bond donors (Lipinski definition) is 2. The van der Waals surface area contributed by atoms with Crippen molar-refractivity contribution in [3.63, 3.8) is 0 Å². The molecule has 166 valence electrons. The largest absolute Gasteiger partial charge is 0.478 e. The molecule has 0 aromatic carbocycles. The number of carboxylic acids is 2. The highest BCUT2D eigenvalue weighted by Crippen LogP contribution is 2.08. The molecule has 31 heavy (non-hydrogen) atoms. The number of ether oxygens (including phenoxy) is 2. The van der Waals surface area contributed by atoms with E-state index in [4.69, 9.17) is 19.7 Å². The van der Waals surface area contributed by atoms with Gasteiger partial charge in [-0.1, -0.05) is 0 Å². The van der Waals surface area contributed by atoms with Gasteiger partial charge in [0, 0.05) is 12.4 Å². The van der Waals surface area contributed by atoms with Crippen molar-refractivity contribution in [2.45, 2.75) is 39.7 Å². The van der Waals surface area contributed by atoms with Crippen LogP contribution in [0.4, 0.5) is 0 Å². The van der Waals surface area contributed by atoms with Gasteiger partial charge in [0.15, 0.2) is 0 Å². The predicted octanol–water partition coefficient (Wildman–Crippen LogP) is 2.16. The number of carbonyl (C=O) groups is 4. The van der Waals surface area contributed by atoms with Gasteiger partial charge in [0.1, 0.15) is 0 Å². The van der Waals surface area contributed by atoms with Gasteiger partial charge in [-0.3, -0.25) is 19.6 Å². The summed E-state index contributed by atoms with van der Waals surface area (Å²) in [5, 5.41) is 17.7. The molecule has 2 rings (SSSR count). The first kappa shape index (κ1) is 25.2. The Morgan fingerprint density at radius 2 is 1.32 bits per heavy atom. The van der Waals surface area contributed by atoms with Gasteiger partial charge in [0.2, 0.25) is 0 Å². The van der Waals surface area contributed by atoms with Crippen molar-refractivity contribution in [1.29, 1.82) is 0 Å². The molecule has 0 bridgehead atoms. The average molecular weight is 432 g/mol. The minimum Gasteiger partial charge on any atom is -0.478 e. The summed E-state index contributed by atoms with van der Waals surface area (Å²) in [5.74, 6) is -3.14. The van der Waals surface area contributed by atoms with E-state index >= 15 is 0 Å². The lowest BCUT2D eigenvalue weighted by Crippen LogP contribution is -2.16. The molecule has 0 aliphatic carbocycles. The SMILES string of the molecule is CC(C)OC(=O)Cc1ncccc1C(=O)O.CCOC(=O)Cc1ncccc1C(=O)O. The van der Waals surface area contributed by atoms with Crippen LogP contribution in [0.25, 0.3) is 0 Å². The Balaban J connectivity index is 0.000000311. The molecular formula is C21H24N2O8. The quantitative estimate of drug-likeness (QED) is 0.593. The fourth-order valence-electron chi connectivity index (χ4n) is 2.34. The lowest BCUT2D eigenvalue weighted by atomic mass is 10.1. The minimum atomic E-state index is -1.10.